The number of benzene rings is 1. The van der Waals surface area contributed by atoms with Crippen LogP contribution in [0.4, 0.5) is 4.39 Å². The number of hydrogen-bond acceptors (Lipinski definition) is 1. The molecule has 1 aliphatic rings. The Bertz CT molecular complexity index is 479. The highest BCUT2D eigenvalue weighted by Gasteiger charge is 2.35. The van der Waals surface area contributed by atoms with Gasteiger partial charge in [-0.1, -0.05) is 47.8 Å². The van der Waals surface area contributed by atoms with Crippen molar-refractivity contribution in [2.45, 2.75) is 44.6 Å². The van der Waals surface area contributed by atoms with E-state index >= 15 is 0 Å². The number of carbonyl (C=O) groups excluding carboxylic acids is 1. The van der Waals surface area contributed by atoms with Crippen molar-refractivity contribution in [3.63, 3.8) is 0 Å². The quantitative estimate of drug-likeness (QED) is 0.828. The van der Waals surface area contributed by atoms with E-state index in [4.69, 9.17) is 0 Å². The molecule has 0 saturated heterocycles. The molecule has 1 aromatic carbocycles. The zero-order valence-corrected chi connectivity index (χ0v) is 13.4. The van der Waals surface area contributed by atoms with E-state index < -0.39 is 0 Å². The molecule has 0 aromatic heterocycles. The topological polar surface area (TPSA) is 29.1 Å². The molecule has 1 amide bonds. The summed E-state index contributed by atoms with van der Waals surface area (Å²) in [4.78, 5) is 12.2. The molecule has 0 radical (unpaired) electrons. The van der Waals surface area contributed by atoms with E-state index in [1.807, 2.05) is 0 Å². The monoisotopic (exact) mass is 341 g/mol. The van der Waals surface area contributed by atoms with Gasteiger partial charge < -0.3 is 5.32 Å². The summed E-state index contributed by atoms with van der Waals surface area (Å²) >= 11 is 3.55. The highest BCUT2D eigenvalue weighted by atomic mass is 79.9. The van der Waals surface area contributed by atoms with Gasteiger partial charge in [-0.25, -0.2) is 4.39 Å². The minimum Gasteiger partial charge on any atom is -0.350 e. The molecule has 1 saturated carbocycles. The second kappa shape index (κ2) is 6.70. The van der Waals surface area contributed by atoms with E-state index in [9.17, 15) is 9.18 Å². The molecule has 2 atom stereocenters. The van der Waals surface area contributed by atoms with Gasteiger partial charge in [0.05, 0.1) is 6.42 Å². The second-order valence-corrected chi connectivity index (χ2v) is 6.53. The van der Waals surface area contributed by atoms with E-state index in [0.717, 1.165) is 30.2 Å². The maximum Gasteiger partial charge on any atom is 0.224 e. The van der Waals surface area contributed by atoms with Crippen molar-refractivity contribution in [3.05, 3.63) is 35.6 Å². The van der Waals surface area contributed by atoms with E-state index in [1.54, 1.807) is 12.1 Å². The van der Waals surface area contributed by atoms with Gasteiger partial charge in [-0.15, -0.1) is 0 Å². The smallest absolute Gasteiger partial charge is 0.224 e. The summed E-state index contributed by atoms with van der Waals surface area (Å²) in [6.07, 6.45) is 4.63. The van der Waals surface area contributed by atoms with E-state index in [-0.39, 0.29) is 23.7 Å². The molecule has 110 valence electrons. The van der Waals surface area contributed by atoms with Crippen LogP contribution in [-0.2, 0) is 11.2 Å². The summed E-state index contributed by atoms with van der Waals surface area (Å²) in [6, 6.07) is 6.24. The molecule has 1 aromatic rings. The molecule has 0 spiro atoms. The number of rotatable bonds is 4. The molecule has 1 aliphatic carbocycles. The minimum absolute atomic E-state index is 0.0239. The van der Waals surface area contributed by atoms with Crippen molar-refractivity contribution in [2.24, 2.45) is 5.92 Å². The molecule has 2 rings (SSSR count). The molecular formula is C16H21BrFNO. The fraction of sp³-hybridized carbons (Fsp3) is 0.562. The fourth-order valence-corrected chi connectivity index (χ4v) is 3.75. The Hall–Kier alpha value is -0.900. The van der Waals surface area contributed by atoms with Gasteiger partial charge in [-0.05, 0) is 36.5 Å². The van der Waals surface area contributed by atoms with Crippen LogP contribution in [0.1, 0.15) is 38.2 Å². The van der Waals surface area contributed by atoms with Crippen molar-refractivity contribution < 1.29 is 9.18 Å². The minimum atomic E-state index is -0.295. The Labute approximate surface area is 128 Å². The van der Waals surface area contributed by atoms with Crippen LogP contribution in [0.5, 0.6) is 0 Å². The zero-order chi connectivity index (χ0) is 14.6. The normalized spacial score (nSPS) is 26.2. The first kappa shape index (κ1) is 15.5. The number of halogens is 2. The first-order valence-corrected chi connectivity index (χ1v) is 8.26. The predicted molar refractivity (Wildman–Crippen MR) is 82.4 cm³/mol. The van der Waals surface area contributed by atoms with Gasteiger partial charge in [-0.2, -0.15) is 0 Å². The molecule has 1 fully saturated rings. The number of hydrogen-bond donors (Lipinski definition) is 1. The summed E-state index contributed by atoms with van der Waals surface area (Å²) in [5.74, 6) is 0.316. The predicted octanol–water partition coefficient (Wildman–Crippen LogP) is 3.83. The van der Waals surface area contributed by atoms with Crippen molar-refractivity contribution in [3.8, 4) is 0 Å². The van der Waals surface area contributed by atoms with Crippen LogP contribution in [0, 0.1) is 11.7 Å². The van der Waals surface area contributed by atoms with Gasteiger partial charge in [0, 0.05) is 10.9 Å². The molecule has 4 heteroatoms. The van der Waals surface area contributed by atoms with E-state index in [1.165, 1.54) is 18.6 Å². The number of carbonyl (C=O) groups is 1. The van der Waals surface area contributed by atoms with Crippen LogP contribution >= 0.6 is 15.9 Å². The average molecular weight is 342 g/mol. The number of alkyl halides is 1. The molecule has 2 unspecified atom stereocenters. The molecule has 0 heterocycles. The van der Waals surface area contributed by atoms with Crippen LogP contribution in [0.15, 0.2) is 24.3 Å². The number of amides is 1. The first-order valence-electron chi connectivity index (χ1n) is 7.14. The molecule has 2 nitrogen and oxygen atoms in total. The average Bonchev–Trinajstić information content (AvgIpc) is 2.38. The second-order valence-electron chi connectivity index (χ2n) is 5.97. The molecular weight excluding hydrogens is 321 g/mol. The summed E-state index contributed by atoms with van der Waals surface area (Å²) < 4.78 is 13.1. The maximum atomic E-state index is 13.1. The first-order chi connectivity index (χ1) is 9.53. The van der Waals surface area contributed by atoms with Gasteiger partial charge >= 0.3 is 0 Å². The van der Waals surface area contributed by atoms with Crippen LogP contribution < -0.4 is 5.32 Å². The van der Waals surface area contributed by atoms with Gasteiger partial charge in [0.25, 0.3) is 0 Å². The third kappa shape index (κ3) is 4.05. The van der Waals surface area contributed by atoms with Gasteiger partial charge in [0.15, 0.2) is 0 Å². The Morgan fingerprint density at radius 2 is 2.35 bits per heavy atom. The van der Waals surface area contributed by atoms with Crippen LogP contribution in [0.3, 0.4) is 0 Å². The molecule has 1 N–H and O–H groups in total. The van der Waals surface area contributed by atoms with Crippen LogP contribution in [0.25, 0.3) is 0 Å². The molecule has 0 bridgehead atoms. The lowest BCUT2D eigenvalue weighted by atomic mass is 9.77. The highest BCUT2D eigenvalue weighted by molar-refractivity contribution is 9.09. The summed E-state index contributed by atoms with van der Waals surface area (Å²) in [5, 5.41) is 3.95. The lowest BCUT2D eigenvalue weighted by Gasteiger charge is -2.39. The van der Waals surface area contributed by atoms with Crippen LogP contribution in [-0.4, -0.2) is 16.8 Å². The molecule has 0 aliphatic heterocycles. The molecule has 20 heavy (non-hydrogen) atoms. The van der Waals surface area contributed by atoms with Gasteiger partial charge in [-0.3, -0.25) is 4.79 Å². The Morgan fingerprint density at radius 3 is 3.00 bits per heavy atom. The fourth-order valence-electron chi connectivity index (χ4n) is 3.10. The zero-order valence-electron chi connectivity index (χ0n) is 11.8. The van der Waals surface area contributed by atoms with Crippen LogP contribution in [0.2, 0.25) is 0 Å². The summed E-state index contributed by atoms with van der Waals surface area (Å²) in [6.45, 7) is 2.23. The maximum absolute atomic E-state index is 13.1. The van der Waals surface area contributed by atoms with Gasteiger partial charge in [0.2, 0.25) is 5.91 Å². The van der Waals surface area contributed by atoms with Crippen molar-refractivity contribution in [1.29, 1.82) is 0 Å². The highest BCUT2D eigenvalue weighted by Crippen LogP contribution is 2.33. The Kier molecular flexibility index (Phi) is 5.19. The number of nitrogens with one attached hydrogen (secondary N) is 1. The SMILES string of the molecule is CC1CCCC(CBr)(NC(=O)Cc2cccc(F)c2)C1. The summed E-state index contributed by atoms with van der Waals surface area (Å²) in [5.41, 5.74) is 0.582. The van der Waals surface area contributed by atoms with Gasteiger partial charge in [0.1, 0.15) is 5.82 Å². The van der Waals surface area contributed by atoms with Crippen molar-refractivity contribution in [2.75, 3.05) is 5.33 Å². The third-order valence-corrected chi connectivity index (χ3v) is 5.08. The standard InChI is InChI=1S/C16H21BrFNO/c1-12-4-3-7-16(10-12,11-17)19-15(20)9-13-5-2-6-14(18)8-13/h2,5-6,8,12H,3-4,7,9-11H2,1H3,(H,19,20). The largest absolute Gasteiger partial charge is 0.350 e. The Morgan fingerprint density at radius 1 is 1.55 bits per heavy atom. The van der Waals surface area contributed by atoms with Crippen molar-refractivity contribution in [1.82, 2.24) is 5.32 Å². The lowest BCUT2D eigenvalue weighted by molar-refractivity contribution is -0.122. The van der Waals surface area contributed by atoms with E-state index in [2.05, 4.69) is 28.2 Å². The summed E-state index contributed by atoms with van der Waals surface area (Å²) in [7, 11) is 0. The van der Waals surface area contributed by atoms with E-state index in [0.29, 0.717) is 5.92 Å². The third-order valence-electron chi connectivity index (χ3n) is 4.01. The lowest BCUT2D eigenvalue weighted by Crippen LogP contribution is -2.53. The Balaban J connectivity index is 1.99. The van der Waals surface area contributed by atoms with Crippen molar-refractivity contribution >= 4 is 21.8 Å².